The van der Waals surface area contributed by atoms with Gasteiger partial charge in [-0.1, -0.05) is 12.6 Å². The van der Waals surface area contributed by atoms with Gasteiger partial charge in [-0.15, -0.1) is 0 Å². The highest BCUT2D eigenvalue weighted by Crippen LogP contribution is 2.29. The van der Waals surface area contributed by atoms with Gasteiger partial charge in [0.25, 0.3) is 0 Å². The summed E-state index contributed by atoms with van der Waals surface area (Å²) in [5.74, 6) is 1.03. The summed E-state index contributed by atoms with van der Waals surface area (Å²) in [5.41, 5.74) is 4.55. The lowest BCUT2D eigenvalue weighted by Gasteiger charge is -2.30. The fourth-order valence-corrected chi connectivity index (χ4v) is 4.04. The van der Waals surface area contributed by atoms with Crippen molar-refractivity contribution >= 4 is 46.1 Å². The van der Waals surface area contributed by atoms with Gasteiger partial charge in [-0.3, -0.25) is 0 Å². The summed E-state index contributed by atoms with van der Waals surface area (Å²) in [4.78, 5) is 27.8. The Kier molecular flexibility index (Phi) is 9.26. The summed E-state index contributed by atoms with van der Waals surface area (Å²) in [6.07, 6.45) is 3.14. The predicted molar refractivity (Wildman–Crippen MR) is 153 cm³/mol. The smallest absolute Gasteiger partial charge is 0.339 e. The molecule has 1 aliphatic heterocycles. The van der Waals surface area contributed by atoms with E-state index in [1.54, 1.807) is 5.32 Å². The number of rotatable bonds is 11. The number of hydrogen-bond acceptors (Lipinski definition) is 9. The van der Waals surface area contributed by atoms with Crippen molar-refractivity contribution in [3.63, 3.8) is 0 Å². The van der Waals surface area contributed by atoms with Crippen molar-refractivity contribution in [2.75, 3.05) is 81.0 Å². The summed E-state index contributed by atoms with van der Waals surface area (Å²) in [7, 11) is 6.25. The summed E-state index contributed by atoms with van der Waals surface area (Å²) in [6.45, 7) is 8.30. The maximum Gasteiger partial charge on any atom is 0.339 e. The zero-order chi connectivity index (χ0) is 26.9. The van der Waals surface area contributed by atoms with Crippen molar-refractivity contribution in [3.05, 3.63) is 67.4 Å². The lowest BCUT2D eigenvalue weighted by Crippen LogP contribution is -2.81. The molecule has 1 fully saturated rings. The topological polar surface area (TPSA) is 102 Å². The third-order valence-corrected chi connectivity index (χ3v) is 6.23. The van der Waals surface area contributed by atoms with Crippen LogP contribution in [0.4, 0.5) is 40.2 Å². The number of ether oxygens (including phenoxy) is 1. The molecule has 200 valence electrons. The standard InChI is InChI=1S/C28H36N8O2/c1-5-26(37)30-22-7-6-8-23(19-22)31-27-25(36-15-17-38-18-16-36)20-29-28(33-27)32-21-9-11-24(12-10-21)35(4)14-13-34(2)3/h5-12,19-20H,1,13-18H2,2-4H3,(H,30,37)(H2,29,31,32,33)/p+1. The van der Waals surface area contributed by atoms with Gasteiger partial charge in [-0.2, -0.15) is 4.98 Å². The van der Waals surface area contributed by atoms with E-state index < -0.39 is 0 Å². The highest BCUT2D eigenvalue weighted by atomic mass is 16.5. The molecular formula is C28H37N8O2+. The number of amides is 1. The average molecular weight is 518 g/mol. The minimum Gasteiger partial charge on any atom is -0.378 e. The van der Waals surface area contributed by atoms with E-state index in [1.807, 2.05) is 42.6 Å². The largest absolute Gasteiger partial charge is 0.378 e. The van der Waals surface area contributed by atoms with Crippen molar-refractivity contribution in [2.45, 2.75) is 0 Å². The molecule has 0 spiro atoms. The number of nitrogens with one attached hydrogen (secondary N) is 2. The Balaban J connectivity index is 1.54. The zero-order valence-electron chi connectivity index (χ0n) is 22.4. The van der Waals surface area contributed by atoms with Gasteiger partial charge in [0, 0.05) is 62.4 Å². The summed E-state index contributed by atoms with van der Waals surface area (Å²) >= 11 is 0. The minimum absolute atomic E-state index is 0.139. The molecule has 0 bridgehead atoms. The molecule has 1 aliphatic rings. The minimum atomic E-state index is -0.139. The van der Waals surface area contributed by atoms with Crippen molar-refractivity contribution in [2.24, 2.45) is 0 Å². The Morgan fingerprint density at radius 1 is 1.08 bits per heavy atom. The number of morpholine rings is 1. The summed E-state index contributed by atoms with van der Waals surface area (Å²) in [5, 5.41) is 8.31. The number of carbonyl (C=O) groups is 1. The molecule has 38 heavy (non-hydrogen) atoms. The first kappa shape index (κ1) is 27.1. The first-order valence-corrected chi connectivity index (χ1v) is 12.7. The summed E-state index contributed by atoms with van der Waals surface area (Å²) in [6, 6.07) is 15.9. The average Bonchev–Trinajstić information content (AvgIpc) is 2.93. The number of primary amides is 1. The number of nitrogens with zero attached hydrogens (tertiary/aromatic N) is 5. The third-order valence-electron chi connectivity index (χ3n) is 6.23. The molecule has 1 amide bonds. The Bertz CT molecular complexity index is 1230. The van der Waals surface area contributed by atoms with Gasteiger partial charge < -0.3 is 30.1 Å². The van der Waals surface area contributed by atoms with E-state index >= 15 is 0 Å². The van der Waals surface area contributed by atoms with Gasteiger partial charge in [0.2, 0.25) is 5.95 Å². The molecule has 2 heterocycles. The third kappa shape index (κ3) is 7.51. The van der Waals surface area contributed by atoms with Gasteiger partial charge in [0.15, 0.2) is 5.82 Å². The molecule has 2 aromatic carbocycles. The lowest BCUT2D eigenvalue weighted by molar-refractivity contribution is -0.478. The number of hydrogen-bond donors (Lipinski definition) is 3. The van der Waals surface area contributed by atoms with Crippen molar-refractivity contribution < 1.29 is 14.8 Å². The lowest BCUT2D eigenvalue weighted by atomic mass is 10.2. The highest BCUT2D eigenvalue weighted by molar-refractivity contribution is 5.80. The Morgan fingerprint density at radius 2 is 1.84 bits per heavy atom. The number of quaternary nitrogens is 1. The number of anilines is 6. The van der Waals surface area contributed by atoms with Gasteiger partial charge in [-0.05, 0) is 50.5 Å². The number of carbonyl (C=O) groups excluding carboxylic acids is 1. The molecule has 0 radical (unpaired) electrons. The van der Waals surface area contributed by atoms with E-state index in [2.05, 4.69) is 70.2 Å². The summed E-state index contributed by atoms with van der Waals surface area (Å²) < 4.78 is 5.53. The normalized spacial score (nSPS) is 13.3. The first-order valence-electron chi connectivity index (χ1n) is 12.7. The van der Waals surface area contributed by atoms with E-state index in [0.717, 1.165) is 54.6 Å². The maximum atomic E-state index is 11.8. The van der Waals surface area contributed by atoms with Gasteiger partial charge in [-0.25, -0.2) is 15.1 Å². The number of nitrogens with two attached hydrogens (primary N) is 1. The van der Waals surface area contributed by atoms with Crippen LogP contribution < -0.4 is 25.8 Å². The van der Waals surface area contributed by atoms with Crippen LogP contribution >= 0.6 is 0 Å². The van der Waals surface area contributed by atoms with Crippen LogP contribution in [0.1, 0.15) is 0 Å². The second-order valence-electron chi connectivity index (χ2n) is 9.42. The SMILES string of the molecule is C=CC(=O)[NH2+]c1cccc(Nc2nc(Nc3ccc(N(C)CCN(C)C)cc3)ncc2N2CCOCC2)c1. The van der Waals surface area contributed by atoms with Crippen LogP contribution in [0.25, 0.3) is 0 Å². The molecule has 4 N–H and O–H groups in total. The highest BCUT2D eigenvalue weighted by Gasteiger charge is 2.18. The monoisotopic (exact) mass is 517 g/mol. The van der Waals surface area contributed by atoms with Crippen LogP contribution in [0, 0.1) is 0 Å². The van der Waals surface area contributed by atoms with Crippen molar-refractivity contribution in [1.82, 2.24) is 14.9 Å². The number of aromatic nitrogens is 2. The van der Waals surface area contributed by atoms with Crippen LogP contribution in [0.5, 0.6) is 0 Å². The van der Waals surface area contributed by atoms with Crippen molar-refractivity contribution in [1.29, 1.82) is 0 Å². The van der Waals surface area contributed by atoms with Gasteiger partial charge >= 0.3 is 5.91 Å². The van der Waals surface area contributed by atoms with E-state index in [1.165, 1.54) is 6.08 Å². The van der Waals surface area contributed by atoms with E-state index in [4.69, 9.17) is 9.72 Å². The first-order chi connectivity index (χ1) is 18.4. The number of benzene rings is 2. The predicted octanol–water partition coefficient (Wildman–Crippen LogP) is 2.71. The number of likely N-dealkylation sites (N-methyl/N-ethyl adjacent to an activating group) is 2. The molecule has 0 saturated carbocycles. The van der Waals surface area contributed by atoms with Crippen molar-refractivity contribution in [3.8, 4) is 0 Å². The fraction of sp³-hybridized carbons (Fsp3) is 0.321. The Hall–Kier alpha value is -3.99. The molecule has 3 aromatic rings. The Morgan fingerprint density at radius 3 is 2.55 bits per heavy atom. The van der Waals surface area contributed by atoms with Crippen LogP contribution in [-0.4, -0.2) is 81.3 Å². The van der Waals surface area contributed by atoms with Crippen LogP contribution in [0.15, 0.2) is 67.4 Å². The van der Waals surface area contributed by atoms with Gasteiger partial charge in [0.05, 0.1) is 25.1 Å². The van der Waals surface area contributed by atoms with Gasteiger partial charge in [0.1, 0.15) is 5.69 Å². The van der Waals surface area contributed by atoms with E-state index in [0.29, 0.717) is 25.0 Å². The molecule has 1 saturated heterocycles. The molecule has 0 atom stereocenters. The molecule has 10 nitrogen and oxygen atoms in total. The van der Waals surface area contributed by atoms with Crippen LogP contribution in [0.3, 0.4) is 0 Å². The van der Waals surface area contributed by atoms with Crippen LogP contribution in [-0.2, 0) is 9.53 Å². The molecule has 4 rings (SSSR count). The van der Waals surface area contributed by atoms with Crippen LogP contribution in [0.2, 0.25) is 0 Å². The molecular weight excluding hydrogens is 480 g/mol. The second-order valence-corrected chi connectivity index (χ2v) is 9.42. The molecule has 0 aliphatic carbocycles. The Labute approximate surface area is 224 Å². The molecule has 1 aromatic heterocycles. The van der Waals surface area contributed by atoms with E-state index in [9.17, 15) is 4.79 Å². The fourth-order valence-electron chi connectivity index (χ4n) is 4.04. The molecule has 10 heteroatoms. The molecule has 0 unspecified atom stereocenters. The quantitative estimate of drug-likeness (QED) is 0.262. The second kappa shape index (κ2) is 13.0. The zero-order valence-corrected chi connectivity index (χ0v) is 22.4. The maximum absolute atomic E-state index is 11.8. The van der Waals surface area contributed by atoms with E-state index in [-0.39, 0.29) is 5.91 Å².